The summed E-state index contributed by atoms with van der Waals surface area (Å²) in [7, 11) is 0. The molecule has 1 atom stereocenters. The number of allylic oxidation sites excluding steroid dienone is 13. The maximum atomic E-state index is 12.6. The molecule has 0 aliphatic carbocycles. The molecule has 51 heavy (non-hydrogen) atoms. The van der Waals surface area contributed by atoms with Gasteiger partial charge in [-0.25, -0.2) is 0 Å². The monoisotopic (exact) mass is 708 g/mol. The lowest BCUT2D eigenvalue weighted by Crippen LogP contribution is -2.28. The van der Waals surface area contributed by atoms with Gasteiger partial charge in [0.1, 0.15) is 12.6 Å². The lowest BCUT2D eigenvalue weighted by atomic mass is 10.1. The van der Waals surface area contributed by atoms with Gasteiger partial charge in [0.05, 0.1) is 0 Å². The molecular formula is C45H73NO5. The van der Waals surface area contributed by atoms with Crippen molar-refractivity contribution in [3.63, 3.8) is 0 Å². The zero-order valence-corrected chi connectivity index (χ0v) is 32.4. The Morgan fingerprint density at radius 1 is 0.549 bits per heavy atom. The van der Waals surface area contributed by atoms with Gasteiger partial charge in [0.15, 0.2) is 0 Å². The third kappa shape index (κ3) is 39.2. The highest BCUT2D eigenvalue weighted by Gasteiger charge is 2.12. The molecule has 288 valence electrons. The van der Waals surface area contributed by atoms with Crippen LogP contribution in [0, 0.1) is 0 Å². The number of hydrogen-bond acceptors (Lipinski definition) is 4. The van der Waals surface area contributed by atoms with Gasteiger partial charge in [0.25, 0.3) is 0 Å². The van der Waals surface area contributed by atoms with Gasteiger partial charge in [-0.1, -0.05) is 144 Å². The average Bonchev–Trinajstić information content (AvgIpc) is 3.11. The van der Waals surface area contributed by atoms with Crippen molar-refractivity contribution < 1.29 is 24.2 Å². The molecule has 0 radical (unpaired) electrons. The Balaban J connectivity index is 4.31. The summed E-state index contributed by atoms with van der Waals surface area (Å²) in [5.74, 6) is -1.50. The number of hydrogen-bond donors (Lipinski definition) is 2. The normalized spacial score (nSPS) is 13.0. The Kier molecular flexibility index (Phi) is 36.7. The van der Waals surface area contributed by atoms with E-state index in [1.807, 2.05) is 12.2 Å². The van der Waals surface area contributed by atoms with E-state index in [1.165, 1.54) is 57.8 Å². The number of carbonyl (C=O) groups is 3. The number of esters is 1. The standard InChI is InChI=1S/C45H73NO5/c1-3-5-7-9-11-13-15-17-19-20-21-22-24-26-28-30-32-34-40-45(50)51-42(38-35-36-39-43(47)46-41-44(48)49)37-33-31-29-27-25-23-18-16-14-12-10-8-6-4-2/h6,8,12-15,18-20,23,27,29,33,37,42H,3-5,7,9-11,16-17,21-22,24-26,28,30-32,34-36,38-41H2,1-2H3,(H,46,47)(H,48,49)/b8-6-,14-12-,15-13-,20-19-,23-18-,29-27-,37-33-. The van der Waals surface area contributed by atoms with Gasteiger partial charge in [-0.15, -0.1) is 0 Å². The van der Waals surface area contributed by atoms with Crippen LogP contribution in [-0.2, 0) is 19.1 Å². The van der Waals surface area contributed by atoms with Crippen LogP contribution in [-0.4, -0.2) is 35.6 Å². The molecular weight excluding hydrogens is 634 g/mol. The third-order valence-electron chi connectivity index (χ3n) is 8.29. The first-order valence-corrected chi connectivity index (χ1v) is 20.2. The molecule has 1 amide bonds. The van der Waals surface area contributed by atoms with Crippen LogP contribution in [0.15, 0.2) is 85.1 Å². The predicted octanol–water partition coefficient (Wildman–Crippen LogP) is 12.4. The summed E-state index contributed by atoms with van der Waals surface area (Å²) in [6.07, 6.45) is 54.2. The zero-order chi connectivity index (χ0) is 37.3. The summed E-state index contributed by atoms with van der Waals surface area (Å²) in [5.41, 5.74) is 0. The van der Waals surface area contributed by atoms with Crippen molar-refractivity contribution in [3.8, 4) is 0 Å². The molecule has 0 bridgehead atoms. The molecule has 0 spiro atoms. The van der Waals surface area contributed by atoms with Gasteiger partial charge in [0.2, 0.25) is 5.91 Å². The minimum Gasteiger partial charge on any atom is -0.480 e. The highest BCUT2D eigenvalue weighted by Crippen LogP contribution is 2.14. The Morgan fingerprint density at radius 2 is 1.02 bits per heavy atom. The Hall–Kier alpha value is -3.41. The van der Waals surface area contributed by atoms with E-state index in [9.17, 15) is 14.4 Å². The summed E-state index contributed by atoms with van der Waals surface area (Å²) in [6, 6.07) is 0. The van der Waals surface area contributed by atoms with Crippen LogP contribution in [0.4, 0.5) is 0 Å². The lowest BCUT2D eigenvalue weighted by Gasteiger charge is -2.14. The van der Waals surface area contributed by atoms with Gasteiger partial charge >= 0.3 is 11.9 Å². The SMILES string of the molecule is CC/C=C\C/C=C\C/C=C\C/C=C\C/C=C\C(CCCCC(=O)NCC(=O)O)OC(=O)CCCCCCCCC/C=C\C/C=C\CCCCCC. The predicted molar refractivity (Wildman–Crippen MR) is 217 cm³/mol. The van der Waals surface area contributed by atoms with Gasteiger partial charge in [-0.2, -0.15) is 0 Å². The topological polar surface area (TPSA) is 92.7 Å². The summed E-state index contributed by atoms with van der Waals surface area (Å²) in [4.78, 5) is 35.1. The maximum Gasteiger partial charge on any atom is 0.322 e. The average molecular weight is 708 g/mol. The molecule has 0 heterocycles. The zero-order valence-electron chi connectivity index (χ0n) is 32.4. The highest BCUT2D eigenvalue weighted by molar-refractivity contribution is 5.80. The minimum atomic E-state index is -1.06. The van der Waals surface area contributed by atoms with Crippen LogP contribution < -0.4 is 5.32 Å². The number of ether oxygens (including phenoxy) is 1. The smallest absolute Gasteiger partial charge is 0.322 e. The van der Waals surface area contributed by atoms with E-state index < -0.39 is 5.97 Å². The number of carbonyl (C=O) groups excluding carboxylic acids is 2. The summed E-state index contributed by atoms with van der Waals surface area (Å²) >= 11 is 0. The van der Waals surface area contributed by atoms with E-state index >= 15 is 0 Å². The molecule has 0 rings (SSSR count). The summed E-state index contributed by atoms with van der Waals surface area (Å²) in [5, 5.41) is 11.1. The van der Waals surface area contributed by atoms with E-state index in [0.29, 0.717) is 25.7 Å². The van der Waals surface area contributed by atoms with E-state index in [-0.39, 0.29) is 30.9 Å². The molecule has 0 aromatic rings. The quantitative estimate of drug-likeness (QED) is 0.0388. The molecule has 2 N–H and O–H groups in total. The fourth-order valence-corrected chi connectivity index (χ4v) is 5.31. The number of carboxylic acids is 1. The van der Waals surface area contributed by atoms with Crippen molar-refractivity contribution >= 4 is 17.8 Å². The number of unbranched alkanes of at least 4 members (excludes halogenated alkanes) is 12. The second kappa shape index (κ2) is 39.4. The van der Waals surface area contributed by atoms with Crippen molar-refractivity contribution in [2.24, 2.45) is 0 Å². The fourth-order valence-electron chi connectivity index (χ4n) is 5.31. The van der Waals surface area contributed by atoms with Crippen molar-refractivity contribution in [1.29, 1.82) is 0 Å². The van der Waals surface area contributed by atoms with Crippen molar-refractivity contribution in [3.05, 3.63) is 85.1 Å². The van der Waals surface area contributed by atoms with E-state index in [4.69, 9.17) is 9.84 Å². The largest absolute Gasteiger partial charge is 0.480 e. The molecule has 0 aliphatic heterocycles. The van der Waals surface area contributed by atoms with Crippen molar-refractivity contribution in [1.82, 2.24) is 5.32 Å². The van der Waals surface area contributed by atoms with Crippen molar-refractivity contribution in [2.75, 3.05) is 6.54 Å². The van der Waals surface area contributed by atoms with Gasteiger partial charge in [0, 0.05) is 12.8 Å². The van der Waals surface area contributed by atoms with Crippen LogP contribution in [0.1, 0.15) is 168 Å². The molecule has 0 aliphatic rings. The van der Waals surface area contributed by atoms with Crippen LogP contribution in [0.5, 0.6) is 0 Å². The molecule has 0 saturated heterocycles. The van der Waals surface area contributed by atoms with Crippen LogP contribution in [0.3, 0.4) is 0 Å². The fraction of sp³-hybridized carbons (Fsp3) is 0.622. The Bertz CT molecular complexity index is 1050. The van der Waals surface area contributed by atoms with Crippen LogP contribution in [0.2, 0.25) is 0 Å². The van der Waals surface area contributed by atoms with E-state index in [2.05, 4.69) is 92.1 Å². The third-order valence-corrected chi connectivity index (χ3v) is 8.29. The Labute approximate surface area is 312 Å². The lowest BCUT2D eigenvalue weighted by molar-refractivity contribution is -0.147. The van der Waals surface area contributed by atoms with Crippen LogP contribution in [0.25, 0.3) is 0 Å². The maximum absolute atomic E-state index is 12.6. The Morgan fingerprint density at radius 3 is 1.57 bits per heavy atom. The number of aliphatic carboxylic acids is 1. The molecule has 6 heteroatoms. The first kappa shape index (κ1) is 47.6. The molecule has 6 nitrogen and oxygen atoms in total. The van der Waals surface area contributed by atoms with Gasteiger partial charge < -0.3 is 15.2 Å². The second-order valence-electron chi connectivity index (χ2n) is 13.2. The summed E-state index contributed by atoms with van der Waals surface area (Å²) in [6.45, 7) is 4.02. The van der Waals surface area contributed by atoms with E-state index in [1.54, 1.807) is 0 Å². The number of rotatable bonds is 35. The molecule has 0 aromatic heterocycles. The molecule has 1 unspecified atom stereocenters. The molecule has 0 aromatic carbocycles. The highest BCUT2D eigenvalue weighted by atomic mass is 16.5. The van der Waals surface area contributed by atoms with Crippen LogP contribution >= 0.6 is 0 Å². The molecule has 0 fully saturated rings. The number of nitrogens with one attached hydrogen (secondary N) is 1. The van der Waals surface area contributed by atoms with Gasteiger partial charge in [-0.3, -0.25) is 14.4 Å². The number of amides is 1. The first-order valence-electron chi connectivity index (χ1n) is 20.2. The van der Waals surface area contributed by atoms with Gasteiger partial charge in [-0.05, 0) is 96.0 Å². The van der Waals surface area contributed by atoms with E-state index in [0.717, 1.165) is 64.2 Å². The van der Waals surface area contributed by atoms with Crippen molar-refractivity contribution in [2.45, 2.75) is 174 Å². The first-order chi connectivity index (χ1) is 25.0. The second-order valence-corrected chi connectivity index (χ2v) is 13.2. The number of carboxylic acid groups (broad SMARTS) is 1. The minimum absolute atomic E-state index is 0.168. The molecule has 0 saturated carbocycles. The summed E-state index contributed by atoms with van der Waals surface area (Å²) < 4.78 is 5.82.